The average molecular weight is 346 g/mol. The zero-order valence-electron chi connectivity index (χ0n) is 13.7. The zero-order chi connectivity index (χ0) is 17.8. The molecule has 0 spiro atoms. The van der Waals surface area contributed by atoms with Crippen LogP contribution in [0.25, 0.3) is 0 Å². The summed E-state index contributed by atoms with van der Waals surface area (Å²) in [4.78, 5) is 23.9. The highest BCUT2D eigenvalue weighted by Gasteiger charge is 2.23. The summed E-state index contributed by atoms with van der Waals surface area (Å²) in [5.41, 5.74) is 0.457. The third-order valence-corrected chi connectivity index (χ3v) is 3.63. The lowest BCUT2D eigenvalue weighted by Gasteiger charge is -2.13. The smallest absolute Gasteiger partial charge is 0.265 e. The van der Waals surface area contributed by atoms with Crippen molar-refractivity contribution in [3.8, 4) is 5.75 Å². The number of nitrogens with zero attached hydrogens (tertiary/aromatic N) is 2. The van der Waals surface area contributed by atoms with E-state index in [1.807, 2.05) is 0 Å². The van der Waals surface area contributed by atoms with Gasteiger partial charge in [0.15, 0.2) is 6.10 Å². The number of aromatic nitrogens is 2. The molecule has 1 heterocycles. The van der Waals surface area contributed by atoms with Crippen LogP contribution in [0.2, 0.25) is 0 Å². The topological polar surface area (TPSA) is 85.2 Å². The number of anilines is 1. The predicted molar refractivity (Wildman–Crippen MR) is 88.5 cm³/mol. The Bertz CT molecular complexity index is 773. The van der Waals surface area contributed by atoms with Crippen LogP contribution in [-0.2, 0) is 16.1 Å². The summed E-state index contributed by atoms with van der Waals surface area (Å²) in [6, 6.07) is 5.88. The molecule has 7 nitrogen and oxygen atoms in total. The van der Waals surface area contributed by atoms with Crippen molar-refractivity contribution in [2.45, 2.75) is 38.5 Å². The van der Waals surface area contributed by atoms with Gasteiger partial charge in [-0.2, -0.15) is 5.10 Å². The number of ether oxygens (including phenoxy) is 1. The summed E-state index contributed by atoms with van der Waals surface area (Å²) in [5, 5.41) is 9.56. The van der Waals surface area contributed by atoms with E-state index in [0.717, 1.165) is 12.8 Å². The number of hydrogen-bond donors (Lipinski definition) is 2. The molecule has 0 aliphatic heterocycles. The SMILES string of the molecule is CC(Oc1cccc(F)c1)C(=O)Nc1cnn(CC(=O)NC2CC2)c1. The first-order chi connectivity index (χ1) is 12.0. The third kappa shape index (κ3) is 5.03. The zero-order valence-corrected chi connectivity index (χ0v) is 13.7. The number of hydrogen-bond acceptors (Lipinski definition) is 4. The lowest BCUT2D eigenvalue weighted by molar-refractivity contribution is -0.122. The van der Waals surface area contributed by atoms with Crippen molar-refractivity contribution in [2.75, 3.05) is 5.32 Å². The maximum Gasteiger partial charge on any atom is 0.265 e. The molecule has 1 atom stereocenters. The lowest BCUT2D eigenvalue weighted by atomic mass is 10.3. The fraction of sp³-hybridized carbons (Fsp3) is 0.353. The van der Waals surface area contributed by atoms with Gasteiger partial charge in [0.2, 0.25) is 5.91 Å². The predicted octanol–water partition coefficient (Wildman–Crippen LogP) is 1.71. The summed E-state index contributed by atoms with van der Waals surface area (Å²) in [5.74, 6) is -0.663. The summed E-state index contributed by atoms with van der Waals surface area (Å²) in [6.45, 7) is 1.66. The van der Waals surface area contributed by atoms with Crippen molar-refractivity contribution in [1.29, 1.82) is 0 Å². The molecule has 1 unspecified atom stereocenters. The molecular formula is C17H19FN4O3. The van der Waals surface area contributed by atoms with Crippen molar-refractivity contribution in [2.24, 2.45) is 0 Å². The van der Waals surface area contributed by atoms with Crippen LogP contribution in [0.5, 0.6) is 5.75 Å². The number of nitrogens with one attached hydrogen (secondary N) is 2. The quantitative estimate of drug-likeness (QED) is 0.799. The summed E-state index contributed by atoms with van der Waals surface area (Å²) in [6.07, 6.45) is 4.25. The van der Waals surface area contributed by atoms with Gasteiger partial charge in [-0.25, -0.2) is 4.39 Å². The van der Waals surface area contributed by atoms with Gasteiger partial charge in [0.1, 0.15) is 18.1 Å². The van der Waals surface area contributed by atoms with Crippen molar-refractivity contribution >= 4 is 17.5 Å². The molecule has 0 radical (unpaired) electrons. The van der Waals surface area contributed by atoms with Crippen LogP contribution < -0.4 is 15.4 Å². The number of halogens is 1. The van der Waals surface area contributed by atoms with Crippen molar-refractivity contribution in [3.63, 3.8) is 0 Å². The molecule has 0 saturated heterocycles. The first-order valence-electron chi connectivity index (χ1n) is 8.04. The van der Waals surface area contributed by atoms with Gasteiger partial charge in [-0.3, -0.25) is 14.3 Å². The monoisotopic (exact) mass is 346 g/mol. The first kappa shape index (κ1) is 16.9. The molecule has 1 aromatic heterocycles. The van der Waals surface area contributed by atoms with Crippen molar-refractivity contribution in [1.82, 2.24) is 15.1 Å². The minimum atomic E-state index is -0.816. The molecule has 8 heteroatoms. The summed E-state index contributed by atoms with van der Waals surface area (Å²) >= 11 is 0. The van der Waals surface area contributed by atoms with E-state index >= 15 is 0 Å². The Morgan fingerprint density at radius 3 is 2.96 bits per heavy atom. The largest absolute Gasteiger partial charge is 0.481 e. The Morgan fingerprint density at radius 2 is 2.24 bits per heavy atom. The highest BCUT2D eigenvalue weighted by molar-refractivity contribution is 5.93. The van der Waals surface area contributed by atoms with E-state index in [9.17, 15) is 14.0 Å². The highest BCUT2D eigenvalue weighted by Crippen LogP contribution is 2.18. The van der Waals surface area contributed by atoms with Gasteiger partial charge in [-0.15, -0.1) is 0 Å². The fourth-order valence-electron chi connectivity index (χ4n) is 2.20. The minimum absolute atomic E-state index is 0.0989. The van der Waals surface area contributed by atoms with E-state index in [0.29, 0.717) is 11.7 Å². The fourth-order valence-corrected chi connectivity index (χ4v) is 2.20. The van der Waals surface area contributed by atoms with Gasteiger partial charge < -0.3 is 15.4 Å². The van der Waals surface area contributed by atoms with Crippen LogP contribution in [0.15, 0.2) is 36.7 Å². The number of amides is 2. The van der Waals surface area contributed by atoms with Gasteiger partial charge in [0.25, 0.3) is 5.91 Å². The lowest BCUT2D eigenvalue weighted by Crippen LogP contribution is -2.30. The molecule has 1 aliphatic carbocycles. The number of benzene rings is 1. The molecule has 25 heavy (non-hydrogen) atoms. The van der Waals surface area contributed by atoms with Gasteiger partial charge >= 0.3 is 0 Å². The normalized spacial score (nSPS) is 14.6. The maximum atomic E-state index is 13.1. The summed E-state index contributed by atoms with van der Waals surface area (Å²) < 4.78 is 20.0. The molecule has 2 aromatic rings. The third-order valence-electron chi connectivity index (χ3n) is 3.63. The van der Waals surface area contributed by atoms with Crippen LogP contribution in [0.3, 0.4) is 0 Å². The van der Waals surface area contributed by atoms with E-state index in [1.54, 1.807) is 19.2 Å². The Hall–Kier alpha value is -2.90. The highest BCUT2D eigenvalue weighted by atomic mass is 19.1. The molecule has 1 fully saturated rings. The van der Waals surface area contributed by atoms with Crippen LogP contribution in [0.4, 0.5) is 10.1 Å². The van der Waals surface area contributed by atoms with E-state index < -0.39 is 17.8 Å². The van der Waals surface area contributed by atoms with Crippen molar-refractivity contribution < 1.29 is 18.7 Å². The number of carbonyl (C=O) groups is 2. The summed E-state index contributed by atoms with van der Waals surface area (Å²) in [7, 11) is 0. The maximum absolute atomic E-state index is 13.1. The van der Waals surface area contributed by atoms with Gasteiger partial charge in [-0.1, -0.05) is 6.07 Å². The molecule has 3 rings (SSSR count). The van der Waals surface area contributed by atoms with Crippen LogP contribution in [0.1, 0.15) is 19.8 Å². The molecule has 2 amide bonds. The van der Waals surface area contributed by atoms with E-state index in [4.69, 9.17) is 4.74 Å². The van der Waals surface area contributed by atoms with E-state index in [-0.39, 0.29) is 18.2 Å². The van der Waals surface area contributed by atoms with Crippen LogP contribution >= 0.6 is 0 Å². The second-order valence-electron chi connectivity index (χ2n) is 5.98. The first-order valence-corrected chi connectivity index (χ1v) is 8.04. The average Bonchev–Trinajstić information content (AvgIpc) is 3.25. The molecule has 132 valence electrons. The second-order valence-corrected chi connectivity index (χ2v) is 5.98. The molecule has 1 saturated carbocycles. The second kappa shape index (κ2) is 7.33. The van der Waals surface area contributed by atoms with E-state index in [2.05, 4.69) is 15.7 Å². The molecular weight excluding hydrogens is 327 g/mol. The van der Waals surface area contributed by atoms with Crippen LogP contribution in [-0.4, -0.2) is 33.7 Å². The van der Waals surface area contributed by atoms with Crippen LogP contribution in [0, 0.1) is 5.82 Å². The molecule has 1 aromatic carbocycles. The Kier molecular flexibility index (Phi) is 4.97. The van der Waals surface area contributed by atoms with Crippen molar-refractivity contribution in [3.05, 3.63) is 42.5 Å². The number of carbonyl (C=O) groups excluding carboxylic acids is 2. The van der Waals surface area contributed by atoms with Gasteiger partial charge in [-0.05, 0) is 31.9 Å². The minimum Gasteiger partial charge on any atom is -0.481 e. The Labute approximate surface area is 144 Å². The van der Waals surface area contributed by atoms with Gasteiger partial charge in [0.05, 0.1) is 11.9 Å². The molecule has 0 bridgehead atoms. The Morgan fingerprint density at radius 1 is 1.44 bits per heavy atom. The van der Waals surface area contributed by atoms with E-state index in [1.165, 1.54) is 29.1 Å². The standard InChI is InChI=1S/C17H19FN4O3/c1-11(25-15-4-2-3-12(18)7-15)17(24)21-14-8-19-22(9-14)10-16(23)20-13-5-6-13/h2-4,7-9,11,13H,5-6,10H2,1H3,(H,20,23)(H,21,24). The Balaban J connectivity index is 1.50. The molecule has 2 N–H and O–H groups in total. The molecule has 1 aliphatic rings. The van der Waals surface area contributed by atoms with Gasteiger partial charge in [0, 0.05) is 18.3 Å². The number of rotatable bonds is 7.